The molecule has 0 saturated carbocycles. The van der Waals surface area contributed by atoms with E-state index in [1.54, 1.807) is 4.90 Å². The van der Waals surface area contributed by atoms with Crippen LogP contribution in [-0.2, 0) is 4.79 Å². The Balaban J connectivity index is 1.67. The first kappa shape index (κ1) is 20.1. The molecule has 4 rings (SSSR count). The molecule has 30 heavy (non-hydrogen) atoms. The molecule has 0 saturated heterocycles. The van der Waals surface area contributed by atoms with Gasteiger partial charge < -0.3 is 4.74 Å². The summed E-state index contributed by atoms with van der Waals surface area (Å²) >= 11 is 1.50. The van der Waals surface area contributed by atoms with Gasteiger partial charge in [0.1, 0.15) is 5.75 Å². The summed E-state index contributed by atoms with van der Waals surface area (Å²) in [6, 6.07) is 23.7. The summed E-state index contributed by atoms with van der Waals surface area (Å²) in [5.41, 5.74) is 3.90. The average molecular weight is 417 g/mol. The predicted molar refractivity (Wildman–Crippen MR) is 124 cm³/mol. The summed E-state index contributed by atoms with van der Waals surface area (Å²) in [4.78, 5) is 19.7. The molecule has 0 aliphatic heterocycles. The molecule has 0 spiro atoms. The van der Waals surface area contributed by atoms with E-state index in [0.29, 0.717) is 16.8 Å². The highest BCUT2D eigenvalue weighted by Gasteiger charge is 2.22. The van der Waals surface area contributed by atoms with E-state index in [2.05, 4.69) is 26.0 Å². The molecular weight excluding hydrogens is 392 g/mol. The average Bonchev–Trinajstić information content (AvgIpc) is 3.17. The molecule has 0 fully saturated rings. The molecule has 5 heteroatoms. The lowest BCUT2D eigenvalue weighted by molar-refractivity contribution is -0.119. The van der Waals surface area contributed by atoms with E-state index in [1.165, 1.54) is 16.9 Å². The topological polar surface area (TPSA) is 42.4 Å². The van der Waals surface area contributed by atoms with Crippen molar-refractivity contribution >= 4 is 38.3 Å². The Labute approximate surface area is 180 Å². The van der Waals surface area contributed by atoms with Gasteiger partial charge in [0.05, 0.1) is 15.9 Å². The van der Waals surface area contributed by atoms with E-state index in [4.69, 9.17) is 9.72 Å². The highest BCUT2D eigenvalue weighted by Crippen LogP contribution is 2.34. The number of nitrogens with zero attached hydrogens (tertiary/aromatic N) is 2. The number of aromatic nitrogens is 1. The number of para-hydroxylation sites is 2. The summed E-state index contributed by atoms with van der Waals surface area (Å²) in [5, 5.41) is 0.645. The van der Waals surface area contributed by atoms with Crippen LogP contribution in [0.5, 0.6) is 5.75 Å². The first-order valence-corrected chi connectivity index (χ1v) is 10.8. The molecule has 0 aliphatic carbocycles. The van der Waals surface area contributed by atoms with Crippen LogP contribution >= 0.6 is 11.3 Å². The van der Waals surface area contributed by atoms with Crippen molar-refractivity contribution in [2.24, 2.45) is 0 Å². The van der Waals surface area contributed by atoms with Crippen LogP contribution in [0.1, 0.15) is 30.9 Å². The highest BCUT2D eigenvalue weighted by molar-refractivity contribution is 7.22. The zero-order valence-corrected chi connectivity index (χ0v) is 18.1. The van der Waals surface area contributed by atoms with Crippen LogP contribution < -0.4 is 9.64 Å². The Kier molecular flexibility index (Phi) is 5.81. The van der Waals surface area contributed by atoms with Gasteiger partial charge in [-0.3, -0.25) is 9.69 Å². The van der Waals surface area contributed by atoms with Crippen LogP contribution in [0.4, 0.5) is 10.8 Å². The fourth-order valence-electron chi connectivity index (χ4n) is 3.25. The summed E-state index contributed by atoms with van der Waals surface area (Å²) in [5.74, 6) is 0.981. The van der Waals surface area contributed by atoms with E-state index in [-0.39, 0.29) is 12.5 Å². The van der Waals surface area contributed by atoms with Crippen molar-refractivity contribution in [1.29, 1.82) is 0 Å². The van der Waals surface area contributed by atoms with Crippen molar-refractivity contribution < 1.29 is 9.53 Å². The number of rotatable bonds is 6. The fraction of sp³-hybridized carbons (Fsp3) is 0.200. The van der Waals surface area contributed by atoms with Gasteiger partial charge in [-0.2, -0.15) is 0 Å². The third-order valence-electron chi connectivity index (χ3n) is 4.99. The maximum Gasteiger partial charge on any atom is 0.271 e. The van der Waals surface area contributed by atoms with Gasteiger partial charge in [-0.1, -0.05) is 67.6 Å². The van der Waals surface area contributed by atoms with Gasteiger partial charge in [0.15, 0.2) is 11.7 Å². The van der Waals surface area contributed by atoms with Gasteiger partial charge in [-0.25, -0.2) is 4.98 Å². The second-order valence-corrected chi connectivity index (χ2v) is 8.50. The third-order valence-corrected chi connectivity index (χ3v) is 6.01. The van der Waals surface area contributed by atoms with Crippen LogP contribution in [0, 0.1) is 6.92 Å². The molecular formula is C25H24N2O2S. The van der Waals surface area contributed by atoms with E-state index in [9.17, 15) is 4.79 Å². The smallest absolute Gasteiger partial charge is 0.271 e. The standard InChI is InChI=1S/C25H24N2O2S/c1-17(2)19-12-14-20(15-13-19)27(25-26-21-9-5-7-11-23(21)30-25)24(28)16-29-22-10-6-4-8-18(22)3/h4-15,17H,16H2,1-3H3. The van der Waals surface area contributed by atoms with Gasteiger partial charge in [-0.15, -0.1) is 0 Å². The predicted octanol–water partition coefficient (Wildman–Crippen LogP) is 6.47. The number of thiazole rings is 1. The molecule has 0 bridgehead atoms. The van der Waals surface area contributed by atoms with Gasteiger partial charge in [0.2, 0.25) is 0 Å². The van der Waals surface area contributed by atoms with Crippen molar-refractivity contribution in [3.8, 4) is 5.75 Å². The number of ether oxygens (including phenoxy) is 1. The Morgan fingerprint density at radius 2 is 1.70 bits per heavy atom. The van der Waals surface area contributed by atoms with Crippen molar-refractivity contribution in [3.63, 3.8) is 0 Å². The molecule has 0 aliphatic rings. The van der Waals surface area contributed by atoms with Crippen molar-refractivity contribution in [1.82, 2.24) is 4.98 Å². The number of carbonyl (C=O) groups is 1. The number of carbonyl (C=O) groups excluding carboxylic acids is 1. The number of aryl methyl sites for hydroxylation is 1. The second-order valence-electron chi connectivity index (χ2n) is 7.49. The van der Waals surface area contributed by atoms with Gasteiger partial charge in [0.25, 0.3) is 5.91 Å². The first-order chi connectivity index (χ1) is 14.5. The van der Waals surface area contributed by atoms with E-state index in [1.807, 2.05) is 67.6 Å². The van der Waals surface area contributed by atoms with Crippen LogP contribution in [0.2, 0.25) is 0 Å². The number of hydrogen-bond donors (Lipinski definition) is 0. The zero-order chi connectivity index (χ0) is 21.1. The van der Waals surface area contributed by atoms with Crippen LogP contribution in [0.3, 0.4) is 0 Å². The highest BCUT2D eigenvalue weighted by atomic mass is 32.1. The first-order valence-electron chi connectivity index (χ1n) is 10.00. The summed E-state index contributed by atoms with van der Waals surface area (Å²) in [6.07, 6.45) is 0. The largest absolute Gasteiger partial charge is 0.483 e. The van der Waals surface area contributed by atoms with Gasteiger partial charge in [0, 0.05) is 0 Å². The molecule has 0 atom stereocenters. The molecule has 1 aromatic heterocycles. The van der Waals surface area contributed by atoms with E-state index in [0.717, 1.165) is 21.5 Å². The Bertz CT molecular complexity index is 1130. The molecule has 3 aromatic carbocycles. The summed E-state index contributed by atoms with van der Waals surface area (Å²) in [6.45, 7) is 6.21. The third kappa shape index (κ3) is 4.21. The molecule has 4 aromatic rings. The summed E-state index contributed by atoms with van der Waals surface area (Å²) in [7, 11) is 0. The Morgan fingerprint density at radius 3 is 2.40 bits per heavy atom. The minimum atomic E-state index is -0.158. The SMILES string of the molecule is Cc1ccccc1OCC(=O)N(c1ccc(C(C)C)cc1)c1nc2ccccc2s1. The van der Waals surface area contributed by atoms with E-state index >= 15 is 0 Å². The minimum absolute atomic E-state index is 0.0628. The van der Waals surface area contributed by atoms with Gasteiger partial charge in [-0.05, 0) is 54.3 Å². The molecule has 1 amide bonds. The molecule has 0 unspecified atom stereocenters. The van der Waals surface area contributed by atoms with Crippen LogP contribution in [-0.4, -0.2) is 17.5 Å². The lowest BCUT2D eigenvalue weighted by atomic mass is 10.0. The molecule has 0 radical (unpaired) electrons. The maximum atomic E-state index is 13.3. The van der Waals surface area contributed by atoms with Gasteiger partial charge >= 0.3 is 0 Å². The normalized spacial score (nSPS) is 11.1. The number of hydrogen-bond acceptors (Lipinski definition) is 4. The lowest BCUT2D eigenvalue weighted by Gasteiger charge is -2.21. The second kappa shape index (κ2) is 8.67. The van der Waals surface area contributed by atoms with Crippen molar-refractivity contribution in [3.05, 3.63) is 83.9 Å². The maximum absolute atomic E-state index is 13.3. The monoisotopic (exact) mass is 416 g/mol. The number of fused-ring (bicyclic) bond motifs is 1. The fourth-order valence-corrected chi connectivity index (χ4v) is 4.25. The number of benzene rings is 3. The Morgan fingerprint density at radius 1 is 1.00 bits per heavy atom. The van der Waals surface area contributed by atoms with Crippen LogP contribution in [0.15, 0.2) is 72.8 Å². The number of amides is 1. The lowest BCUT2D eigenvalue weighted by Crippen LogP contribution is -2.31. The van der Waals surface area contributed by atoms with Crippen molar-refractivity contribution in [2.45, 2.75) is 26.7 Å². The molecule has 4 nitrogen and oxygen atoms in total. The summed E-state index contributed by atoms with van der Waals surface area (Å²) < 4.78 is 6.89. The molecule has 1 heterocycles. The quantitative estimate of drug-likeness (QED) is 0.362. The minimum Gasteiger partial charge on any atom is -0.483 e. The Hall–Kier alpha value is -3.18. The van der Waals surface area contributed by atoms with E-state index < -0.39 is 0 Å². The molecule has 0 N–H and O–H groups in total. The van der Waals surface area contributed by atoms with Crippen LogP contribution in [0.25, 0.3) is 10.2 Å². The zero-order valence-electron chi connectivity index (χ0n) is 17.3. The van der Waals surface area contributed by atoms with Crippen molar-refractivity contribution in [2.75, 3.05) is 11.5 Å². The molecule has 152 valence electrons. The number of anilines is 2.